The zero-order valence-electron chi connectivity index (χ0n) is 19.5. The van der Waals surface area contributed by atoms with Crippen LogP contribution in [-0.2, 0) is 11.3 Å². The smallest absolute Gasteiger partial charge is 0.322 e. The monoisotopic (exact) mass is 436 g/mol. The predicted molar refractivity (Wildman–Crippen MR) is 128 cm³/mol. The van der Waals surface area contributed by atoms with Crippen molar-refractivity contribution in [3.63, 3.8) is 0 Å². The fourth-order valence-corrected chi connectivity index (χ4v) is 4.07. The Kier molecular flexibility index (Phi) is 7.64. The summed E-state index contributed by atoms with van der Waals surface area (Å²) in [4.78, 5) is 33.2. The van der Waals surface area contributed by atoms with E-state index in [2.05, 4.69) is 5.32 Å². The van der Waals surface area contributed by atoms with Crippen LogP contribution in [0.15, 0.2) is 47.3 Å². The number of benzene rings is 2. The van der Waals surface area contributed by atoms with E-state index in [1.165, 1.54) is 0 Å². The number of ether oxygens (including phenoxy) is 1. The van der Waals surface area contributed by atoms with Crippen LogP contribution >= 0.6 is 0 Å². The Bertz CT molecular complexity index is 1140. The Morgan fingerprint density at radius 3 is 2.44 bits per heavy atom. The fourth-order valence-electron chi connectivity index (χ4n) is 4.07. The molecule has 0 radical (unpaired) electrons. The standard InChI is InChI=1S/C25H32N4O3/c1-6-21(23-26-20-14-9-8-13-19(20)24(30)28(23)7-2)29(15-16-32-5)25(31)27-22-17(3)11-10-12-18(22)4/h8-14,21H,6-7,15-16H2,1-5H3,(H,27,31). The van der Waals surface area contributed by atoms with Gasteiger partial charge in [-0.15, -0.1) is 0 Å². The molecular weight excluding hydrogens is 404 g/mol. The van der Waals surface area contributed by atoms with Gasteiger partial charge in [-0.3, -0.25) is 9.36 Å². The van der Waals surface area contributed by atoms with Gasteiger partial charge in [0.05, 0.1) is 23.6 Å². The number of para-hydroxylation sites is 2. The van der Waals surface area contributed by atoms with Crippen LogP contribution in [0.4, 0.5) is 10.5 Å². The van der Waals surface area contributed by atoms with Crippen molar-refractivity contribution in [2.45, 2.75) is 46.7 Å². The first-order valence-corrected chi connectivity index (χ1v) is 11.0. The van der Waals surface area contributed by atoms with Gasteiger partial charge in [-0.1, -0.05) is 37.3 Å². The molecule has 0 spiro atoms. The highest BCUT2D eigenvalue weighted by Crippen LogP contribution is 2.26. The second-order valence-corrected chi connectivity index (χ2v) is 7.84. The van der Waals surface area contributed by atoms with Crippen molar-refractivity contribution >= 4 is 22.6 Å². The van der Waals surface area contributed by atoms with Crippen molar-refractivity contribution in [2.75, 3.05) is 25.6 Å². The first kappa shape index (κ1) is 23.5. The number of carbonyl (C=O) groups is 1. The van der Waals surface area contributed by atoms with Crippen LogP contribution in [0.1, 0.15) is 43.3 Å². The minimum atomic E-state index is -0.383. The summed E-state index contributed by atoms with van der Waals surface area (Å²) in [5.74, 6) is 0.589. The fraction of sp³-hybridized carbons (Fsp3) is 0.400. The van der Waals surface area contributed by atoms with Gasteiger partial charge in [0.25, 0.3) is 5.56 Å². The van der Waals surface area contributed by atoms with Crippen LogP contribution in [0.3, 0.4) is 0 Å². The average Bonchev–Trinajstić information content (AvgIpc) is 2.79. The molecule has 0 saturated carbocycles. The third-order valence-corrected chi connectivity index (χ3v) is 5.78. The highest BCUT2D eigenvalue weighted by molar-refractivity contribution is 5.91. The lowest BCUT2D eigenvalue weighted by Crippen LogP contribution is -2.42. The molecule has 170 valence electrons. The van der Waals surface area contributed by atoms with E-state index in [0.29, 0.717) is 42.8 Å². The van der Waals surface area contributed by atoms with E-state index in [0.717, 1.165) is 16.8 Å². The van der Waals surface area contributed by atoms with Crippen molar-refractivity contribution in [1.29, 1.82) is 0 Å². The van der Waals surface area contributed by atoms with Crippen LogP contribution in [-0.4, -0.2) is 40.7 Å². The summed E-state index contributed by atoms with van der Waals surface area (Å²) in [6.07, 6.45) is 0.606. The van der Waals surface area contributed by atoms with Gasteiger partial charge in [-0.2, -0.15) is 0 Å². The van der Waals surface area contributed by atoms with E-state index in [4.69, 9.17) is 9.72 Å². The second kappa shape index (κ2) is 10.4. The van der Waals surface area contributed by atoms with Crippen LogP contribution in [0.5, 0.6) is 0 Å². The first-order chi connectivity index (χ1) is 15.4. The predicted octanol–water partition coefficient (Wildman–Crippen LogP) is 4.66. The number of aryl methyl sites for hydroxylation is 2. The molecule has 3 aromatic rings. The van der Waals surface area contributed by atoms with Gasteiger partial charge in [-0.25, -0.2) is 9.78 Å². The zero-order valence-corrected chi connectivity index (χ0v) is 19.5. The number of nitrogens with one attached hydrogen (secondary N) is 1. The van der Waals surface area contributed by atoms with Gasteiger partial charge in [0, 0.05) is 25.9 Å². The molecule has 0 aliphatic carbocycles. The van der Waals surface area contributed by atoms with Crippen LogP contribution in [0.25, 0.3) is 10.9 Å². The molecule has 0 aliphatic heterocycles. The highest BCUT2D eigenvalue weighted by atomic mass is 16.5. The molecule has 1 heterocycles. The summed E-state index contributed by atoms with van der Waals surface area (Å²) < 4.78 is 6.96. The van der Waals surface area contributed by atoms with E-state index in [9.17, 15) is 9.59 Å². The summed E-state index contributed by atoms with van der Waals surface area (Å²) in [6, 6.07) is 12.6. The maximum absolute atomic E-state index is 13.5. The summed E-state index contributed by atoms with van der Waals surface area (Å²) >= 11 is 0. The van der Waals surface area contributed by atoms with E-state index < -0.39 is 0 Å². The van der Waals surface area contributed by atoms with Crippen molar-refractivity contribution in [2.24, 2.45) is 0 Å². The van der Waals surface area contributed by atoms with Crippen LogP contribution in [0.2, 0.25) is 0 Å². The van der Waals surface area contributed by atoms with Gasteiger partial charge >= 0.3 is 6.03 Å². The third kappa shape index (κ3) is 4.67. The number of hydrogen-bond acceptors (Lipinski definition) is 4. The third-order valence-electron chi connectivity index (χ3n) is 5.78. The SMILES string of the molecule is CCC(c1nc2ccccc2c(=O)n1CC)N(CCOC)C(=O)Nc1c(C)cccc1C. The van der Waals surface area contributed by atoms with Crippen molar-refractivity contribution in [3.05, 3.63) is 69.8 Å². The maximum atomic E-state index is 13.5. The lowest BCUT2D eigenvalue weighted by molar-refractivity contribution is 0.130. The number of nitrogens with zero attached hydrogens (tertiary/aromatic N) is 3. The first-order valence-electron chi connectivity index (χ1n) is 11.0. The number of fused-ring (bicyclic) bond motifs is 1. The largest absolute Gasteiger partial charge is 0.383 e. The summed E-state index contributed by atoms with van der Waals surface area (Å²) in [6.45, 7) is 9.08. The Balaban J connectivity index is 2.08. The molecule has 0 bridgehead atoms. The normalized spacial score (nSPS) is 12.0. The topological polar surface area (TPSA) is 76.5 Å². The molecule has 1 aromatic heterocycles. The number of amides is 2. The summed E-state index contributed by atoms with van der Waals surface area (Å²) in [7, 11) is 1.61. The van der Waals surface area contributed by atoms with Crippen molar-refractivity contribution in [1.82, 2.24) is 14.5 Å². The molecule has 1 unspecified atom stereocenters. The van der Waals surface area contributed by atoms with Gasteiger partial charge in [0.1, 0.15) is 5.82 Å². The number of hydrogen-bond donors (Lipinski definition) is 1. The van der Waals surface area contributed by atoms with Gasteiger partial charge in [-0.05, 0) is 50.5 Å². The average molecular weight is 437 g/mol. The number of urea groups is 1. The molecule has 7 heteroatoms. The lowest BCUT2D eigenvalue weighted by Gasteiger charge is -2.32. The molecule has 2 aromatic carbocycles. The highest BCUT2D eigenvalue weighted by Gasteiger charge is 2.28. The lowest BCUT2D eigenvalue weighted by atomic mass is 10.1. The second-order valence-electron chi connectivity index (χ2n) is 7.84. The molecule has 32 heavy (non-hydrogen) atoms. The Morgan fingerprint density at radius 1 is 1.12 bits per heavy atom. The van der Waals surface area contributed by atoms with Crippen molar-refractivity contribution in [3.8, 4) is 0 Å². The molecule has 0 saturated heterocycles. The van der Waals surface area contributed by atoms with E-state index in [1.807, 2.05) is 64.1 Å². The van der Waals surface area contributed by atoms with Gasteiger partial charge in [0.2, 0.25) is 0 Å². The molecule has 3 rings (SSSR count). The van der Waals surface area contributed by atoms with Crippen LogP contribution in [0, 0.1) is 13.8 Å². The van der Waals surface area contributed by atoms with E-state index >= 15 is 0 Å². The van der Waals surface area contributed by atoms with Gasteiger partial charge in [0.15, 0.2) is 0 Å². The molecule has 1 atom stereocenters. The number of anilines is 1. The quantitative estimate of drug-likeness (QED) is 0.557. The van der Waals surface area contributed by atoms with E-state index in [1.54, 1.807) is 22.6 Å². The number of rotatable bonds is 8. The zero-order chi connectivity index (χ0) is 23.3. The Morgan fingerprint density at radius 2 is 1.81 bits per heavy atom. The number of aromatic nitrogens is 2. The summed E-state index contributed by atoms with van der Waals surface area (Å²) in [5.41, 5.74) is 3.33. The summed E-state index contributed by atoms with van der Waals surface area (Å²) in [5, 5.41) is 3.66. The minimum Gasteiger partial charge on any atom is -0.383 e. The molecule has 0 fully saturated rings. The molecule has 0 aliphatic rings. The minimum absolute atomic E-state index is 0.0894. The van der Waals surface area contributed by atoms with Crippen molar-refractivity contribution < 1.29 is 9.53 Å². The number of methoxy groups -OCH3 is 1. The molecule has 1 N–H and O–H groups in total. The van der Waals surface area contributed by atoms with Crippen LogP contribution < -0.4 is 10.9 Å². The molecular formula is C25H32N4O3. The molecule has 7 nitrogen and oxygen atoms in total. The number of carbonyl (C=O) groups excluding carboxylic acids is 1. The molecule has 2 amide bonds. The van der Waals surface area contributed by atoms with Gasteiger partial charge < -0.3 is 15.0 Å². The van der Waals surface area contributed by atoms with E-state index in [-0.39, 0.29) is 17.6 Å². The Labute approximate surface area is 189 Å². The maximum Gasteiger partial charge on any atom is 0.322 e. The Hall–Kier alpha value is -3.19.